The second kappa shape index (κ2) is 6.76. The topological polar surface area (TPSA) is 48.3 Å². The van der Waals surface area contributed by atoms with Gasteiger partial charge in [-0.1, -0.05) is 0 Å². The molecule has 5 nitrogen and oxygen atoms in total. The van der Waals surface area contributed by atoms with Crippen molar-refractivity contribution in [1.82, 2.24) is 9.55 Å². The highest BCUT2D eigenvalue weighted by atomic mass is 79.9. The van der Waals surface area contributed by atoms with Gasteiger partial charge in [0.05, 0.1) is 23.9 Å². The number of hydrogen-bond donors (Lipinski definition) is 1. The van der Waals surface area contributed by atoms with Gasteiger partial charge in [0, 0.05) is 25.5 Å². The number of aryl methyl sites for hydroxylation is 1. The molecule has 0 amide bonds. The summed E-state index contributed by atoms with van der Waals surface area (Å²) < 4.78 is 13.2. The third kappa shape index (κ3) is 3.32. The third-order valence-electron chi connectivity index (χ3n) is 2.83. The van der Waals surface area contributed by atoms with E-state index in [2.05, 4.69) is 26.2 Å². The standard InChI is InChI=1S/C14H18BrN3O2/c1-10-9-18(14(17-10)16-6-7-19-2)11-4-5-13(20-3)12(15)8-11/h4-5,8-9H,6-7H2,1-3H3,(H,16,17). The van der Waals surface area contributed by atoms with Crippen molar-refractivity contribution in [3.63, 3.8) is 0 Å². The maximum absolute atomic E-state index is 5.25. The molecule has 0 atom stereocenters. The molecule has 0 radical (unpaired) electrons. The molecule has 1 N–H and O–H groups in total. The summed E-state index contributed by atoms with van der Waals surface area (Å²) in [6.07, 6.45) is 1.99. The number of ether oxygens (including phenoxy) is 2. The molecule has 0 unspecified atom stereocenters. The molecule has 0 spiro atoms. The van der Waals surface area contributed by atoms with Crippen molar-refractivity contribution >= 4 is 21.9 Å². The zero-order chi connectivity index (χ0) is 14.5. The zero-order valence-electron chi connectivity index (χ0n) is 11.8. The largest absolute Gasteiger partial charge is 0.496 e. The number of halogens is 1. The smallest absolute Gasteiger partial charge is 0.207 e. The van der Waals surface area contributed by atoms with E-state index in [1.165, 1.54) is 0 Å². The van der Waals surface area contributed by atoms with Crippen molar-refractivity contribution in [1.29, 1.82) is 0 Å². The van der Waals surface area contributed by atoms with Crippen LogP contribution in [0.15, 0.2) is 28.9 Å². The average molecular weight is 340 g/mol. The number of methoxy groups -OCH3 is 2. The molecule has 0 aliphatic rings. The lowest BCUT2D eigenvalue weighted by atomic mass is 10.3. The Morgan fingerprint density at radius 3 is 2.80 bits per heavy atom. The molecule has 0 saturated carbocycles. The van der Waals surface area contributed by atoms with E-state index < -0.39 is 0 Å². The summed E-state index contributed by atoms with van der Waals surface area (Å²) in [4.78, 5) is 4.48. The Morgan fingerprint density at radius 1 is 1.35 bits per heavy atom. The predicted octanol–water partition coefficient (Wildman–Crippen LogP) is 3.01. The third-order valence-corrected chi connectivity index (χ3v) is 3.45. The van der Waals surface area contributed by atoms with Crippen molar-refractivity contribution in [2.75, 3.05) is 32.7 Å². The van der Waals surface area contributed by atoms with E-state index in [1.54, 1.807) is 14.2 Å². The Bertz CT molecular complexity index is 584. The Hall–Kier alpha value is -1.53. The van der Waals surface area contributed by atoms with Crippen LogP contribution in [0.3, 0.4) is 0 Å². The summed E-state index contributed by atoms with van der Waals surface area (Å²) in [5.74, 6) is 1.61. The van der Waals surface area contributed by atoms with Crippen LogP contribution in [-0.2, 0) is 4.74 Å². The molecule has 0 aliphatic heterocycles. The van der Waals surface area contributed by atoms with Crippen LogP contribution in [0.4, 0.5) is 5.95 Å². The normalized spacial score (nSPS) is 10.6. The number of nitrogens with one attached hydrogen (secondary N) is 1. The Morgan fingerprint density at radius 2 is 2.15 bits per heavy atom. The second-order valence-electron chi connectivity index (χ2n) is 4.31. The van der Waals surface area contributed by atoms with E-state index in [0.29, 0.717) is 13.2 Å². The molecular formula is C14H18BrN3O2. The minimum Gasteiger partial charge on any atom is -0.496 e. The molecule has 0 bridgehead atoms. The van der Waals surface area contributed by atoms with E-state index in [9.17, 15) is 0 Å². The number of imidazole rings is 1. The maximum atomic E-state index is 5.25. The van der Waals surface area contributed by atoms with Gasteiger partial charge in [-0.15, -0.1) is 0 Å². The fourth-order valence-corrected chi connectivity index (χ4v) is 2.42. The molecule has 108 valence electrons. The highest BCUT2D eigenvalue weighted by Gasteiger charge is 2.09. The van der Waals surface area contributed by atoms with Crippen LogP contribution in [0.5, 0.6) is 5.75 Å². The molecule has 1 heterocycles. The summed E-state index contributed by atoms with van der Waals surface area (Å²) in [5, 5.41) is 3.26. The van der Waals surface area contributed by atoms with Crippen LogP contribution in [0, 0.1) is 6.92 Å². The van der Waals surface area contributed by atoms with E-state index >= 15 is 0 Å². The molecule has 2 rings (SSSR count). The van der Waals surface area contributed by atoms with Crippen LogP contribution < -0.4 is 10.1 Å². The molecule has 2 aromatic rings. The van der Waals surface area contributed by atoms with Gasteiger partial charge >= 0.3 is 0 Å². The minimum absolute atomic E-state index is 0.637. The molecule has 6 heteroatoms. The van der Waals surface area contributed by atoms with Gasteiger partial charge in [0.25, 0.3) is 0 Å². The van der Waals surface area contributed by atoms with Crippen molar-refractivity contribution in [3.05, 3.63) is 34.6 Å². The molecular weight excluding hydrogens is 322 g/mol. The van der Waals surface area contributed by atoms with Gasteiger partial charge in [-0.25, -0.2) is 4.98 Å². The summed E-state index contributed by atoms with van der Waals surface area (Å²) in [7, 11) is 3.33. The average Bonchev–Trinajstić information content (AvgIpc) is 2.80. The first-order chi connectivity index (χ1) is 9.65. The second-order valence-corrected chi connectivity index (χ2v) is 5.17. The number of rotatable bonds is 6. The molecule has 20 heavy (non-hydrogen) atoms. The molecule has 1 aromatic carbocycles. The van der Waals surface area contributed by atoms with Crippen molar-refractivity contribution < 1.29 is 9.47 Å². The van der Waals surface area contributed by atoms with Gasteiger partial charge in [0.15, 0.2) is 0 Å². The summed E-state index contributed by atoms with van der Waals surface area (Å²) in [6, 6.07) is 5.92. The van der Waals surface area contributed by atoms with Gasteiger partial charge in [-0.05, 0) is 41.1 Å². The Balaban J connectivity index is 2.29. The van der Waals surface area contributed by atoms with Crippen LogP contribution in [0.25, 0.3) is 5.69 Å². The zero-order valence-corrected chi connectivity index (χ0v) is 13.4. The maximum Gasteiger partial charge on any atom is 0.207 e. The molecule has 0 saturated heterocycles. The highest BCUT2D eigenvalue weighted by Crippen LogP contribution is 2.28. The highest BCUT2D eigenvalue weighted by molar-refractivity contribution is 9.10. The molecule has 1 aromatic heterocycles. The first-order valence-electron chi connectivity index (χ1n) is 6.28. The fourth-order valence-electron chi connectivity index (χ4n) is 1.89. The lowest BCUT2D eigenvalue weighted by Gasteiger charge is -2.11. The monoisotopic (exact) mass is 339 g/mol. The number of aromatic nitrogens is 2. The first kappa shape index (κ1) is 14.9. The van der Waals surface area contributed by atoms with E-state index in [1.807, 2.05) is 35.9 Å². The summed E-state index contributed by atoms with van der Waals surface area (Å²) >= 11 is 3.50. The van der Waals surface area contributed by atoms with Crippen molar-refractivity contribution in [2.45, 2.75) is 6.92 Å². The minimum atomic E-state index is 0.637. The lowest BCUT2D eigenvalue weighted by molar-refractivity contribution is 0.210. The van der Waals surface area contributed by atoms with Gasteiger partial charge in [-0.3, -0.25) is 4.57 Å². The van der Waals surface area contributed by atoms with Crippen LogP contribution in [-0.4, -0.2) is 36.9 Å². The van der Waals surface area contributed by atoms with Crippen LogP contribution >= 0.6 is 15.9 Å². The summed E-state index contributed by atoms with van der Waals surface area (Å²) in [6.45, 7) is 3.32. The SMILES string of the molecule is COCCNc1nc(C)cn1-c1ccc(OC)c(Br)c1. The van der Waals surface area contributed by atoms with E-state index in [4.69, 9.17) is 9.47 Å². The molecule has 0 aliphatic carbocycles. The Labute approximate surface area is 127 Å². The lowest BCUT2D eigenvalue weighted by Crippen LogP contribution is -2.11. The predicted molar refractivity (Wildman–Crippen MR) is 82.9 cm³/mol. The first-order valence-corrected chi connectivity index (χ1v) is 7.07. The van der Waals surface area contributed by atoms with Crippen molar-refractivity contribution in [2.24, 2.45) is 0 Å². The number of nitrogens with zero attached hydrogens (tertiary/aromatic N) is 2. The van der Waals surface area contributed by atoms with Crippen LogP contribution in [0.2, 0.25) is 0 Å². The number of benzene rings is 1. The van der Waals surface area contributed by atoms with Crippen molar-refractivity contribution in [3.8, 4) is 11.4 Å². The number of anilines is 1. The van der Waals surface area contributed by atoms with Gasteiger partial charge in [0.1, 0.15) is 5.75 Å². The summed E-state index contributed by atoms with van der Waals surface area (Å²) in [5.41, 5.74) is 1.97. The van der Waals surface area contributed by atoms with Gasteiger partial charge < -0.3 is 14.8 Å². The van der Waals surface area contributed by atoms with E-state index in [-0.39, 0.29) is 0 Å². The number of hydrogen-bond acceptors (Lipinski definition) is 4. The fraction of sp³-hybridized carbons (Fsp3) is 0.357. The van der Waals surface area contributed by atoms with Crippen LogP contribution in [0.1, 0.15) is 5.69 Å². The van der Waals surface area contributed by atoms with Gasteiger partial charge in [0.2, 0.25) is 5.95 Å². The van der Waals surface area contributed by atoms with E-state index in [0.717, 1.165) is 27.6 Å². The quantitative estimate of drug-likeness (QED) is 0.822. The Kier molecular flexibility index (Phi) is 5.03. The van der Waals surface area contributed by atoms with Gasteiger partial charge in [-0.2, -0.15) is 0 Å². The molecule has 0 fully saturated rings.